The lowest BCUT2D eigenvalue weighted by Gasteiger charge is -2.32. The molecule has 1 nitrogen and oxygen atoms in total. The summed E-state index contributed by atoms with van der Waals surface area (Å²) in [6.45, 7) is 0. The lowest BCUT2D eigenvalue weighted by atomic mass is 9.86. The maximum atomic E-state index is 12.2. The van der Waals surface area contributed by atoms with Gasteiger partial charge in [0.15, 0.2) is 0 Å². The van der Waals surface area contributed by atoms with Gasteiger partial charge >= 0.3 is 6.18 Å². The second kappa shape index (κ2) is 3.42. The molecule has 0 aliphatic heterocycles. The van der Waals surface area contributed by atoms with E-state index >= 15 is 0 Å². The van der Waals surface area contributed by atoms with Crippen LogP contribution in [-0.2, 0) is 0 Å². The highest BCUT2D eigenvalue weighted by Gasteiger charge is 2.47. The molecule has 5 heteroatoms. The van der Waals surface area contributed by atoms with Gasteiger partial charge in [-0.15, -0.1) is 11.6 Å². The Kier molecular flexibility index (Phi) is 2.88. The van der Waals surface area contributed by atoms with E-state index in [0.717, 1.165) is 0 Å². The second-order valence-corrected chi connectivity index (χ2v) is 3.59. The number of hydrogen-bond acceptors (Lipinski definition) is 1. The van der Waals surface area contributed by atoms with E-state index in [9.17, 15) is 13.2 Å². The van der Waals surface area contributed by atoms with Crippen LogP contribution < -0.4 is 0 Å². The predicted molar refractivity (Wildman–Crippen MR) is 39.0 cm³/mol. The number of hydrogen-bond donors (Lipinski definition) is 1. The van der Waals surface area contributed by atoms with Crippen LogP contribution in [0.25, 0.3) is 0 Å². The van der Waals surface area contributed by atoms with Crippen LogP contribution in [0.3, 0.4) is 0 Å². The molecule has 0 amide bonds. The molecule has 0 aromatic carbocycles. The van der Waals surface area contributed by atoms with E-state index in [-0.39, 0.29) is 6.42 Å². The largest absolute Gasteiger partial charge is 0.393 e. The number of aliphatic hydroxyl groups excluding tert-OH is 1. The van der Waals surface area contributed by atoms with Gasteiger partial charge in [-0.3, -0.25) is 0 Å². The molecule has 1 rings (SSSR count). The Labute approximate surface area is 73.5 Å². The first-order valence-electron chi connectivity index (χ1n) is 3.82. The predicted octanol–water partition coefficient (Wildman–Crippen LogP) is 2.32. The highest BCUT2D eigenvalue weighted by atomic mass is 35.5. The number of alkyl halides is 4. The SMILES string of the molecule is OC1CCCC(C(F)(F)F)C1Cl. The average Bonchev–Trinajstić information content (AvgIpc) is 1.92. The standard InChI is InChI=1S/C7H10ClF3O/c8-6-4(7(9,10)11)2-1-3-5(6)12/h4-6,12H,1-3H2. The summed E-state index contributed by atoms with van der Waals surface area (Å²) in [6.07, 6.45) is -4.47. The molecule has 1 aliphatic rings. The third-order valence-corrected chi connectivity index (χ3v) is 2.78. The molecule has 3 atom stereocenters. The third kappa shape index (κ3) is 2.04. The first kappa shape index (κ1) is 10.1. The Morgan fingerprint density at radius 2 is 1.83 bits per heavy atom. The summed E-state index contributed by atoms with van der Waals surface area (Å²) >= 11 is 5.45. The fourth-order valence-corrected chi connectivity index (χ4v) is 1.87. The third-order valence-electron chi connectivity index (χ3n) is 2.19. The Hall–Kier alpha value is 0.0400. The highest BCUT2D eigenvalue weighted by Crippen LogP contribution is 2.40. The van der Waals surface area contributed by atoms with Crippen molar-refractivity contribution in [3.63, 3.8) is 0 Å². The van der Waals surface area contributed by atoms with Gasteiger partial charge < -0.3 is 5.11 Å². The van der Waals surface area contributed by atoms with Crippen molar-refractivity contribution in [2.24, 2.45) is 5.92 Å². The molecule has 0 radical (unpaired) electrons. The summed E-state index contributed by atoms with van der Waals surface area (Å²) in [5, 5.41) is 7.91. The molecule has 1 N–H and O–H groups in total. The molecular formula is C7H10ClF3O. The Bertz CT molecular complexity index is 159. The topological polar surface area (TPSA) is 20.2 Å². The quantitative estimate of drug-likeness (QED) is 0.598. The maximum absolute atomic E-state index is 12.2. The van der Waals surface area contributed by atoms with Gasteiger partial charge in [0.1, 0.15) is 0 Å². The van der Waals surface area contributed by atoms with E-state index in [2.05, 4.69) is 0 Å². The molecule has 12 heavy (non-hydrogen) atoms. The Morgan fingerprint density at radius 1 is 1.25 bits per heavy atom. The van der Waals surface area contributed by atoms with Crippen molar-refractivity contribution in [1.82, 2.24) is 0 Å². The van der Waals surface area contributed by atoms with E-state index in [1.165, 1.54) is 0 Å². The first-order chi connectivity index (χ1) is 5.43. The molecule has 1 aliphatic carbocycles. The summed E-state index contributed by atoms with van der Waals surface area (Å²) in [7, 11) is 0. The van der Waals surface area contributed by atoms with Crippen molar-refractivity contribution < 1.29 is 18.3 Å². The minimum absolute atomic E-state index is 0.0364. The average molecular weight is 203 g/mol. The van der Waals surface area contributed by atoms with Gasteiger partial charge in [0.2, 0.25) is 0 Å². The molecule has 1 fully saturated rings. The van der Waals surface area contributed by atoms with E-state index < -0.39 is 23.6 Å². The van der Waals surface area contributed by atoms with Gasteiger partial charge in [0.25, 0.3) is 0 Å². The van der Waals surface area contributed by atoms with Crippen LogP contribution >= 0.6 is 11.6 Å². The molecule has 0 aromatic heterocycles. The van der Waals surface area contributed by atoms with Gasteiger partial charge in [-0.25, -0.2) is 0 Å². The van der Waals surface area contributed by atoms with Crippen LogP contribution in [-0.4, -0.2) is 22.8 Å². The minimum atomic E-state index is -4.27. The fraction of sp³-hybridized carbons (Fsp3) is 1.00. The van der Waals surface area contributed by atoms with E-state index in [1.807, 2.05) is 0 Å². The lowest BCUT2D eigenvalue weighted by molar-refractivity contribution is -0.187. The summed E-state index contributed by atoms with van der Waals surface area (Å²) in [5.74, 6) is -1.54. The molecule has 0 aromatic rings. The van der Waals surface area contributed by atoms with Crippen LogP contribution in [0.15, 0.2) is 0 Å². The number of rotatable bonds is 0. The van der Waals surface area contributed by atoms with Crippen molar-refractivity contribution >= 4 is 11.6 Å². The molecule has 0 saturated heterocycles. The monoisotopic (exact) mass is 202 g/mol. The molecular weight excluding hydrogens is 193 g/mol. The zero-order valence-corrected chi connectivity index (χ0v) is 7.07. The molecule has 0 heterocycles. The normalized spacial score (nSPS) is 38.2. The maximum Gasteiger partial charge on any atom is 0.393 e. The summed E-state index contributed by atoms with van der Waals surface area (Å²) in [5.41, 5.74) is 0. The van der Waals surface area contributed by atoms with Gasteiger partial charge in [-0.1, -0.05) is 6.42 Å². The summed E-state index contributed by atoms with van der Waals surface area (Å²) in [6, 6.07) is 0. The molecule has 0 spiro atoms. The van der Waals surface area contributed by atoms with Gasteiger partial charge in [-0.2, -0.15) is 13.2 Å². The van der Waals surface area contributed by atoms with E-state index in [0.29, 0.717) is 12.8 Å². The van der Waals surface area contributed by atoms with Crippen LogP contribution in [0.4, 0.5) is 13.2 Å². The van der Waals surface area contributed by atoms with Crippen molar-refractivity contribution in [3.8, 4) is 0 Å². The van der Waals surface area contributed by atoms with Crippen LogP contribution in [0, 0.1) is 5.92 Å². The molecule has 1 saturated carbocycles. The zero-order chi connectivity index (χ0) is 9.35. The second-order valence-electron chi connectivity index (χ2n) is 3.09. The summed E-state index contributed by atoms with van der Waals surface area (Å²) < 4.78 is 36.5. The lowest BCUT2D eigenvalue weighted by Crippen LogP contribution is -2.41. The highest BCUT2D eigenvalue weighted by molar-refractivity contribution is 6.21. The van der Waals surface area contributed by atoms with Gasteiger partial charge in [0, 0.05) is 0 Å². The van der Waals surface area contributed by atoms with Gasteiger partial charge in [-0.05, 0) is 12.8 Å². The smallest absolute Gasteiger partial charge is 0.392 e. The fourth-order valence-electron chi connectivity index (χ4n) is 1.48. The molecule has 0 bridgehead atoms. The minimum Gasteiger partial charge on any atom is -0.392 e. The number of aliphatic hydroxyl groups is 1. The Morgan fingerprint density at radius 3 is 2.25 bits per heavy atom. The van der Waals surface area contributed by atoms with Crippen LogP contribution in [0.1, 0.15) is 19.3 Å². The zero-order valence-electron chi connectivity index (χ0n) is 6.31. The number of halogens is 4. The first-order valence-corrected chi connectivity index (χ1v) is 4.25. The van der Waals surface area contributed by atoms with E-state index in [4.69, 9.17) is 16.7 Å². The summed E-state index contributed by atoms with van der Waals surface area (Å²) in [4.78, 5) is 0. The van der Waals surface area contributed by atoms with Crippen LogP contribution in [0.2, 0.25) is 0 Å². The van der Waals surface area contributed by atoms with Crippen molar-refractivity contribution in [1.29, 1.82) is 0 Å². The molecule has 3 unspecified atom stereocenters. The molecule has 72 valence electrons. The van der Waals surface area contributed by atoms with Gasteiger partial charge in [0.05, 0.1) is 17.4 Å². The van der Waals surface area contributed by atoms with Crippen molar-refractivity contribution in [2.75, 3.05) is 0 Å². The van der Waals surface area contributed by atoms with Crippen molar-refractivity contribution in [3.05, 3.63) is 0 Å². The van der Waals surface area contributed by atoms with E-state index in [1.54, 1.807) is 0 Å². The van der Waals surface area contributed by atoms with Crippen LogP contribution in [0.5, 0.6) is 0 Å². The Balaban J connectivity index is 2.64. The van der Waals surface area contributed by atoms with Crippen molar-refractivity contribution in [2.45, 2.75) is 36.9 Å².